The molecule has 2 rings (SSSR count). The summed E-state index contributed by atoms with van der Waals surface area (Å²) in [4.78, 5) is 0.402. The van der Waals surface area contributed by atoms with Crippen LogP contribution in [0.25, 0.3) is 0 Å². The Morgan fingerprint density at radius 3 is 2.71 bits per heavy atom. The highest BCUT2D eigenvalue weighted by molar-refractivity contribution is 7.89. The van der Waals surface area contributed by atoms with Gasteiger partial charge in [0.2, 0.25) is 10.0 Å². The van der Waals surface area contributed by atoms with E-state index in [-0.39, 0.29) is 6.04 Å². The maximum Gasteiger partial charge on any atom is 0.245 e. The SMILES string of the molecule is CCCNc1ccccc1S(=O)(=O)N1CCCC(C)C1C. The van der Waals surface area contributed by atoms with Crippen LogP contribution in [0, 0.1) is 5.92 Å². The van der Waals surface area contributed by atoms with Crippen LogP contribution in [0.4, 0.5) is 5.69 Å². The van der Waals surface area contributed by atoms with E-state index in [1.54, 1.807) is 16.4 Å². The second-order valence-electron chi connectivity index (χ2n) is 5.90. The number of sulfonamides is 1. The van der Waals surface area contributed by atoms with Gasteiger partial charge in [-0.2, -0.15) is 4.31 Å². The van der Waals surface area contributed by atoms with Gasteiger partial charge in [0.05, 0.1) is 5.69 Å². The Hall–Kier alpha value is -1.07. The Morgan fingerprint density at radius 1 is 1.29 bits per heavy atom. The fraction of sp³-hybridized carbons (Fsp3) is 0.625. The molecule has 0 bridgehead atoms. The number of para-hydroxylation sites is 1. The molecular formula is C16H26N2O2S. The molecule has 1 saturated heterocycles. The Kier molecular flexibility index (Phi) is 5.27. The minimum absolute atomic E-state index is 0.0583. The second kappa shape index (κ2) is 6.79. The van der Waals surface area contributed by atoms with Crippen molar-refractivity contribution in [1.82, 2.24) is 4.31 Å². The smallest absolute Gasteiger partial charge is 0.245 e. The number of nitrogens with one attached hydrogen (secondary N) is 1. The quantitative estimate of drug-likeness (QED) is 0.907. The molecule has 0 amide bonds. The summed E-state index contributed by atoms with van der Waals surface area (Å²) in [5, 5.41) is 3.23. The summed E-state index contributed by atoms with van der Waals surface area (Å²) in [6.45, 7) is 7.62. The topological polar surface area (TPSA) is 49.4 Å². The number of anilines is 1. The lowest BCUT2D eigenvalue weighted by atomic mass is 9.94. The van der Waals surface area contributed by atoms with Gasteiger partial charge < -0.3 is 5.32 Å². The van der Waals surface area contributed by atoms with E-state index in [9.17, 15) is 8.42 Å². The number of hydrogen-bond acceptors (Lipinski definition) is 3. The molecule has 5 heteroatoms. The van der Waals surface area contributed by atoms with Crippen molar-refractivity contribution in [1.29, 1.82) is 0 Å². The molecule has 1 aliphatic heterocycles. The lowest BCUT2D eigenvalue weighted by Gasteiger charge is -2.37. The summed E-state index contributed by atoms with van der Waals surface area (Å²) < 4.78 is 27.7. The standard InChI is InChI=1S/C16H26N2O2S/c1-4-11-17-15-9-5-6-10-16(15)21(19,20)18-12-7-8-13(2)14(18)3/h5-6,9-10,13-14,17H,4,7-8,11-12H2,1-3H3. The molecule has 0 aromatic heterocycles. The molecule has 2 unspecified atom stereocenters. The fourth-order valence-corrected chi connectivity index (χ4v) is 4.80. The van der Waals surface area contributed by atoms with Gasteiger partial charge in [0.15, 0.2) is 0 Å². The fourth-order valence-electron chi connectivity index (χ4n) is 2.86. The molecule has 1 heterocycles. The van der Waals surface area contributed by atoms with Gasteiger partial charge in [-0.3, -0.25) is 0 Å². The molecule has 0 saturated carbocycles. The normalized spacial score (nSPS) is 24.0. The van der Waals surface area contributed by atoms with Crippen molar-refractivity contribution < 1.29 is 8.42 Å². The van der Waals surface area contributed by atoms with Crippen LogP contribution in [0.1, 0.15) is 40.0 Å². The highest BCUT2D eigenvalue weighted by Gasteiger charge is 2.35. The molecule has 2 atom stereocenters. The summed E-state index contributed by atoms with van der Waals surface area (Å²) in [5.74, 6) is 0.407. The molecule has 1 N–H and O–H groups in total. The minimum atomic E-state index is -3.43. The van der Waals surface area contributed by atoms with Crippen LogP contribution in [0.15, 0.2) is 29.2 Å². The first-order valence-corrected chi connectivity index (χ1v) is 9.27. The van der Waals surface area contributed by atoms with Gasteiger partial charge in [0, 0.05) is 19.1 Å². The molecule has 118 valence electrons. The number of nitrogens with zero attached hydrogens (tertiary/aromatic N) is 1. The van der Waals surface area contributed by atoms with E-state index in [1.807, 2.05) is 19.1 Å². The Labute approximate surface area is 128 Å². The van der Waals surface area contributed by atoms with Gasteiger partial charge >= 0.3 is 0 Å². The van der Waals surface area contributed by atoms with Gasteiger partial charge in [-0.15, -0.1) is 0 Å². The van der Waals surface area contributed by atoms with Crippen molar-refractivity contribution >= 4 is 15.7 Å². The molecule has 1 aromatic carbocycles. The third kappa shape index (κ3) is 3.40. The summed E-state index contributed by atoms with van der Waals surface area (Å²) in [6.07, 6.45) is 3.00. The van der Waals surface area contributed by atoms with Crippen LogP contribution < -0.4 is 5.32 Å². The minimum Gasteiger partial charge on any atom is -0.384 e. The molecule has 1 fully saturated rings. The van der Waals surface area contributed by atoms with Crippen LogP contribution in [-0.4, -0.2) is 31.9 Å². The first-order chi connectivity index (χ1) is 9.98. The zero-order valence-corrected chi connectivity index (χ0v) is 14.0. The largest absolute Gasteiger partial charge is 0.384 e. The molecule has 21 heavy (non-hydrogen) atoms. The Morgan fingerprint density at radius 2 is 2.00 bits per heavy atom. The van der Waals surface area contributed by atoms with Gasteiger partial charge in [-0.1, -0.05) is 26.0 Å². The number of rotatable bonds is 5. The van der Waals surface area contributed by atoms with E-state index < -0.39 is 10.0 Å². The monoisotopic (exact) mass is 310 g/mol. The summed E-state index contributed by atoms with van der Waals surface area (Å²) >= 11 is 0. The van der Waals surface area contributed by atoms with Crippen molar-refractivity contribution in [2.45, 2.75) is 51.0 Å². The van der Waals surface area contributed by atoms with Crippen LogP contribution in [0.3, 0.4) is 0 Å². The van der Waals surface area contributed by atoms with Crippen LogP contribution in [-0.2, 0) is 10.0 Å². The van der Waals surface area contributed by atoms with Crippen LogP contribution in [0.5, 0.6) is 0 Å². The average Bonchev–Trinajstić information content (AvgIpc) is 2.48. The highest BCUT2D eigenvalue weighted by Crippen LogP contribution is 2.31. The zero-order valence-electron chi connectivity index (χ0n) is 13.2. The highest BCUT2D eigenvalue weighted by atomic mass is 32.2. The third-order valence-corrected chi connectivity index (χ3v) is 6.40. The van der Waals surface area contributed by atoms with Crippen molar-refractivity contribution in [2.24, 2.45) is 5.92 Å². The molecule has 0 aliphatic carbocycles. The van der Waals surface area contributed by atoms with Crippen molar-refractivity contribution in [3.63, 3.8) is 0 Å². The molecule has 0 radical (unpaired) electrons. The second-order valence-corrected chi connectivity index (χ2v) is 7.76. The van der Waals surface area contributed by atoms with Crippen molar-refractivity contribution in [3.05, 3.63) is 24.3 Å². The molecule has 1 aliphatic rings. The first kappa shape index (κ1) is 16.3. The first-order valence-electron chi connectivity index (χ1n) is 7.83. The maximum atomic E-state index is 13.0. The van der Waals surface area contributed by atoms with Gasteiger partial charge in [0.1, 0.15) is 4.90 Å². The van der Waals surface area contributed by atoms with Gasteiger partial charge in [-0.05, 0) is 44.2 Å². The number of hydrogen-bond donors (Lipinski definition) is 1. The van der Waals surface area contributed by atoms with Gasteiger partial charge in [-0.25, -0.2) is 8.42 Å². The molecule has 1 aromatic rings. The molecular weight excluding hydrogens is 284 g/mol. The average molecular weight is 310 g/mol. The summed E-state index contributed by atoms with van der Waals surface area (Å²) in [7, 11) is -3.43. The van der Waals surface area contributed by atoms with Crippen molar-refractivity contribution in [3.8, 4) is 0 Å². The lowest BCUT2D eigenvalue weighted by molar-refractivity contribution is 0.202. The van der Waals surface area contributed by atoms with E-state index in [4.69, 9.17) is 0 Å². The lowest BCUT2D eigenvalue weighted by Crippen LogP contribution is -2.46. The van der Waals surface area contributed by atoms with E-state index in [0.717, 1.165) is 25.8 Å². The maximum absolute atomic E-state index is 13.0. The van der Waals surface area contributed by atoms with Crippen molar-refractivity contribution in [2.75, 3.05) is 18.4 Å². The van der Waals surface area contributed by atoms with Gasteiger partial charge in [0.25, 0.3) is 0 Å². The Bertz CT molecular complexity index is 571. The zero-order chi connectivity index (χ0) is 15.5. The summed E-state index contributed by atoms with van der Waals surface area (Å²) in [5.41, 5.74) is 0.713. The Balaban J connectivity index is 2.35. The van der Waals surface area contributed by atoms with E-state index in [0.29, 0.717) is 23.0 Å². The van der Waals surface area contributed by atoms with E-state index in [1.165, 1.54) is 0 Å². The number of piperidine rings is 1. The number of benzene rings is 1. The predicted molar refractivity (Wildman–Crippen MR) is 87.0 cm³/mol. The predicted octanol–water partition coefficient (Wildman–Crippen LogP) is 3.32. The molecule has 4 nitrogen and oxygen atoms in total. The molecule has 0 spiro atoms. The van der Waals surface area contributed by atoms with Crippen LogP contribution in [0.2, 0.25) is 0 Å². The van der Waals surface area contributed by atoms with E-state index >= 15 is 0 Å². The third-order valence-electron chi connectivity index (χ3n) is 4.35. The van der Waals surface area contributed by atoms with E-state index in [2.05, 4.69) is 19.2 Å². The summed E-state index contributed by atoms with van der Waals surface area (Å²) in [6, 6.07) is 7.28. The van der Waals surface area contributed by atoms with Crippen LogP contribution >= 0.6 is 0 Å².